The molecular formula is C10H11Cl2N3. The van der Waals surface area contributed by atoms with Gasteiger partial charge < -0.3 is 0 Å². The van der Waals surface area contributed by atoms with Gasteiger partial charge in [-0.05, 0) is 19.8 Å². The maximum absolute atomic E-state index is 5.83. The van der Waals surface area contributed by atoms with Crippen LogP contribution in [0.1, 0.15) is 11.4 Å². The molecule has 1 rings (SSSR count). The molecule has 1 aromatic heterocycles. The van der Waals surface area contributed by atoms with Crippen LogP contribution >= 0.6 is 23.2 Å². The third-order valence-electron chi connectivity index (χ3n) is 1.94. The molecule has 0 fully saturated rings. The van der Waals surface area contributed by atoms with E-state index >= 15 is 0 Å². The second-order valence-corrected chi connectivity index (χ2v) is 3.61. The lowest BCUT2D eigenvalue weighted by atomic mass is 10.3. The van der Waals surface area contributed by atoms with Crippen LogP contribution in [0.4, 0.5) is 5.69 Å². The minimum Gasteiger partial charge on any atom is -0.270 e. The summed E-state index contributed by atoms with van der Waals surface area (Å²) in [4.78, 5) is 4.18. The molecule has 0 bridgehead atoms. The van der Waals surface area contributed by atoms with Gasteiger partial charge in [-0.1, -0.05) is 17.5 Å². The van der Waals surface area contributed by atoms with E-state index in [-0.39, 0.29) is 11.1 Å². The summed E-state index contributed by atoms with van der Waals surface area (Å²) in [7, 11) is 1.86. The van der Waals surface area contributed by atoms with Crippen LogP contribution in [0.3, 0.4) is 0 Å². The summed E-state index contributed by atoms with van der Waals surface area (Å²) in [5.41, 5.74) is 2.56. The lowest BCUT2D eigenvalue weighted by Gasteiger charge is -1.93. The first-order valence-corrected chi connectivity index (χ1v) is 5.26. The highest BCUT2D eigenvalue weighted by molar-refractivity contribution is 6.70. The summed E-state index contributed by atoms with van der Waals surface area (Å²) in [5, 5.41) is 4.45. The molecule has 0 spiro atoms. The molecule has 5 heteroatoms. The molecule has 0 aliphatic carbocycles. The topological polar surface area (TPSA) is 30.2 Å². The minimum absolute atomic E-state index is 0.231. The van der Waals surface area contributed by atoms with Gasteiger partial charge in [0.2, 0.25) is 0 Å². The van der Waals surface area contributed by atoms with Gasteiger partial charge in [0, 0.05) is 7.05 Å². The second kappa shape index (κ2) is 5.20. The number of alkyl halides is 1. The highest BCUT2D eigenvalue weighted by atomic mass is 35.5. The van der Waals surface area contributed by atoms with Crippen molar-refractivity contribution in [1.82, 2.24) is 9.78 Å². The SMILES string of the molecule is Cc1nn(C)c(C)c1N=C(Cl)C#CCCl. The first kappa shape index (κ1) is 12.1. The van der Waals surface area contributed by atoms with Crippen LogP contribution in [0.25, 0.3) is 0 Å². The van der Waals surface area contributed by atoms with E-state index in [4.69, 9.17) is 23.2 Å². The standard InChI is InChI=1S/C10H11Cl2N3/c1-7-10(8(2)15(3)14-7)13-9(12)5-4-6-11/h6H2,1-3H3. The van der Waals surface area contributed by atoms with Crippen molar-refractivity contribution in [2.24, 2.45) is 12.0 Å². The van der Waals surface area contributed by atoms with Crippen molar-refractivity contribution in [3.63, 3.8) is 0 Å². The van der Waals surface area contributed by atoms with Gasteiger partial charge in [0.1, 0.15) is 5.69 Å². The number of hydrogen-bond donors (Lipinski definition) is 0. The van der Waals surface area contributed by atoms with Crippen LogP contribution in [-0.2, 0) is 7.05 Å². The van der Waals surface area contributed by atoms with E-state index in [0.717, 1.165) is 17.1 Å². The lowest BCUT2D eigenvalue weighted by molar-refractivity contribution is 0.731. The van der Waals surface area contributed by atoms with Gasteiger partial charge in [0.05, 0.1) is 17.3 Å². The normalized spacial score (nSPS) is 11.1. The van der Waals surface area contributed by atoms with E-state index in [9.17, 15) is 0 Å². The maximum Gasteiger partial charge on any atom is 0.180 e. The van der Waals surface area contributed by atoms with Crippen molar-refractivity contribution in [3.05, 3.63) is 11.4 Å². The van der Waals surface area contributed by atoms with Crippen LogP contribution in [0.15, 0.2) is 4.99 Å². The van der Waals surface area contributed by atoms with Gasteiger partial charge in [-0.25, -0.2) is 4.99 Å². The number of aliphatic imine (C=N–C) groups is 1. The highest BCUT2D eigenvalue weighted by Gasteiger charge is 2.08. The van der Waals surface area contributed by atoms with Crippen LogP contribution in [0.5, 0.6) is 0 Å². The van der Waals surface area contributed by atoms with E-state index < -0.39 is 0 Å². The molecule has 1 heterocycles. The van der Waals surface area contributed by atoms with Gasteiger partial charge >= 0.3 is 0 Å². The van der Waals surface area contributed by atoms with E-state index in [1.165, 1.54) is 0 Å². The van der Waals surface area contributed by atoms with Crippen molar-refractivity contribution in [2.45, 2.75) is 13.8 Å². The van der Waals surface area contributed by atoms with E-state index in [1.807, 2.05) is 20.9 Å². The predicted molar refractivity (Wildman–Crippen MR) is 64.1 cm³/mol. The molecule has 0 aliphatic heterocycles. The Morgan fingerprint density at radius 2 is 2.20 bits per heavy atom. The number of aryl methyl sites for hydroxylation is 2. The Hall–Kier alpha value is -0.980. The van der Waals surface area contributed by atoms with E-state index in [2.05, 4.69) is 21.9 Å². The summed E-state index contributed by atoms with van der Waals surface area (Å²) >= 11 is 11.2. The van der Waals surface area contributed by atoms with Crippen LogP contribution < -0.4 is 0 Å². The van der Waals surface area contributed by atoms with Crippen molar-refractivity contribution in [1.29, 1.82) is 0 Å². The minimum atomic E-state index is 0.231. The maximum atomic E-state index is 5.83. The molecule has 15 heavy (non-hydrogen) atoms. The summed E-state index contributed by atoms with van der Waals surface area (Å²) in [6.07, 6.45) is 0. The Kier molecular flexibility index (Phi) is 4.19. The van der Waals surface area contributed by atoms with Crippen LogP contribution in [0.2, 0.25) is 0 Å². The average molecular weight is 244 g/mol. The monoisotopic (exact) mass is 243 g/mol. The molecule has 0 atom stereocenters. The molecule has 0 saturated heterocycles. The van der Waals surface area contributed by atoms with E-state index in [0.29, 0.717) is 0 Å². The Bertz CT molecular complexity index is 449. The molecule has 0 unspecified atom stereocenters. The third-order valence-corrected chi connectivity index (χ3v) is 2.25. The van der Waals surface area contributed by atoms with Crippen LogP contribution in [0, 0.1) is 25.7 Å². The third kappa shape index (κ3) is 2.98. The first-order chi connectivity index (χ1) is 7.06. The highest BCUT2D eigenvalue weighted by Crippen LogP contribution is 2.22. The Morgan fingerprint density at radius 3 is 2.67 bits per heavy atom. The van der Waals surface area contributed by atoms with Gasteiger partial charge in [-0.3, -0.25) is 4.68 Å². The smallest absolute Gasteiger partial charge is 0.180 e. The molecule has 0 aromatic carbocycles. The number of halogens is 2. The summed E-state index contributed by atoms with van der Waals surface area (Å²) < 4.78 is 1.76. The number of aromatic nitrogens is 2. The van der Waals surface area contributed by atoms with Crippen molar-refractivity contribution >= 4 is 34.1 Å². The van der Waals surface area contributed by atoms with Crippen molar-refractivity contribution < 1.29 is 0 Å². The van der Waals surface area contributed by atoms with Gasteiger partial charge in [-0.2, -0.15) is 5.10 Å². The Morgan fingerprint density at radius 1 is 1.53 bits per heavy atom. The summed E-state index contributed by atoms with van der Waals surface area (Å²) in [6.45, 7) is 3.81. The summed E-state index contributed by atoms with van der Waals surface area (Å²) in [5.74, 6) is 5.53. The average Bonchev–Trinajstić information content (AvgIpc) is 2.42. The molecule has 1 aromatic rings. The van der Waals surface area contributed by atoms with Gasteiger partial charge in [0.25, 0.3) is 0 Å². The zero-order valence-electron chi connectivity index (χ0n) is 8.80. The van der Waals surface area contributed by atoms with Gasteiger partial charge in [-0.15, -0.1) is 11.6 Å². The largest absolute Gasteiger partial charge is 0.270 e. The number of nitrogens with zero attached hydrogens (tertiary/aromatic N) is 3. The fourth-order valence-corrected chi connectivity index (χ4v) is 1.37. The molecule has 3 nitrogen and oxygen atoms in total. The second-order valence-electron chi connectivity index (χ2n) is 2.98. The molecule has 0 N–H and O–H groups in total. The first-order valence-electron chi connectivity index (χ1n) is 4.35. The fraction of sp³-hybridized carbons (Fsp3) is 0.400. The Labute approximate surface area is 99.1 Å². The number of rotatable bonds is 1. The lowest BCUT2D eigenvalue weighted by Crippen LogP contribution is -1.92. The van der Waals surface area contributed by atoms with Crippen LogP contribution in [-0.4, -0.2) is 20.8 Å². The Balaban J connectivity index is 3.07. The van der Waals surface area contributed by atoms with Crippen molar-refractivity contribution in [3.8, 4) is 11.8 Å². The van der Waals surface area contributed by atoms with Crippen molar-refractivity contribution in [2.75, 3.05) is 5.88 Å². The zero-order valence-corrected chi connectivity index (χ0v) is 10.3. The quantitative estimate of drug-likeness (QED) is 0.424. The predicted octanol–water partition coefficient (Wildman–Crippen LogP) is 2.55. The molecule has 0 saturated carbocycles. The molecule has 0 radical (unpaired) electrons. The zero-order chi connectivity index (χ0) is 11.4. The molecule has 0 amide bonds. The summed E-state index contributed by atoms with van der Waals surface area (Å²) in [6, 6.07) is 0. The molecule has 0 aliphatic rings. The number of hydrogen-bond acceptors (Lipinski definition) is 2. The van der Waals surface area contributed by atoms with Gasteiger partial charge in [0.15, 0.2) is 5.17 Å². The molecular weight excluding hydrogens is 233 g/mol. The molecule has 80 valence electrons. The van der Waals surface area contributed by atoms with E-state index in [1.54, 1.807) is 4.68 Å². The fourth-order valence-electron chi connectivity index (χ4n) is 1.16.